The molecule has 4 heteroatoms. The Balaban J connectivity index is 2.51. The van der Waals surface area contributed by atoms with Crippen LogP contribution in [0.5, 0.6) is 0 Å². The van der Waals surface area contributed by atoms with E-state index in [0.717, 1.165) is 17.0 Å². The summed E-state index contributed by atoms with van der Waals surface area (Å²) in [6.45, 7) is 6.54. The first-order valence-electron chi connectivity index (χ1n) is 6.11. The average molecular weight is 284 g/mol. The van der Waals surface area contributed by atoms with Crippen LogP contribution < -0.4 is 4.90 Å². The zero-order chi connectivity index (χ0) is 13.3. The quantitative estimate of drug-likeness (QED) is 0.728. The molecule has 0 bridgehead atoms. The maximum Gasteiger partial charge on any atom is 0.242 e. The highest BCUT2D eigenvalue weighted by Crippen LogP contribution is 2.45. The van der Waals surface area contributed by atoms with Gasteiger partial charge in [0.1, 0.15) is 5.88 Å². The van der Waals surface area contributed by atoms with Gasteiger partial charge in [-0.1, -0.05) is 26.0 Å². The molecule has 2 rings (SSSR count). The van der Waals surface area contributed by atoms with E-state index in [-0.39, 0.29) is 22.6 Å². The van der Waals surface area contributed by atoms with Crippen LogP contribution in [0.15, 0.2) is 29.2 Å². The predicted octanol–water partition coefficient (Wildman–Crippen LogP) is 3.92. The Bertz CT molecular complexity index is 461. The molecule has 1 amide bonds. The summed E-state index contributed by atoms with van der Waals surface area (Å²) >= 11 is 7.58. The summed E-state index contributed by atoms with van der Waals surface area (Å²) < 4.78 is 0.122. The number of hydrogen-bond donors (Lipinski definition) is 0. The molecule has 0 saturated heterocycles. The number of thioether (sulfide) groups is 1. The molecule has 1 aliphatic heterocycles. The normalized spacial score (nSPS) is 22.2. The fraction of sp³-hybridized carbons (Fsp3) is 0.500. The molecule has 0 radical (unpaired) electrons. The molecule has 1 heterocycles. The first kappa shape index (κ1) is 13.8. The summed E-state index contributed by atoms with van der Waals surface area (Å²) in [4.78, 5) is 15.1. The third-order valence-corrected chi connectivity index (χ3v) is 4.63. The number of halogens is 1. The van der Waals surface area contributed by atoms with Crippen molar-refractivity contribution in [1.29, 1.82) is 0 Å². The molecule has 0 N–H and O–H groups in total. The van der Waals surface area contributed by atoms with Crippen LogP contribution in [0.2, 0.25) is 0 Å². The van der Waals surface area contributed by atoms with Crippen LogP contribution in [0.25, 0.3) is 0 Å². The second kappa shape index (κ2) is 5.14. The molecule has 0 aliphatic carbocycles. The van der Waals surface area contributed by atoms with Gasteiger partial charge in [-0.25, -0.2) is 0 Å². The maximum atomic E-state index is 12.1. The molecule has 1 aliphatic rings. The summed E-state index contributed by atoms with van der Waals surface area (Å²) in [6.07, 6.45) is 0.953. The number of alkyl halides is 1. The molecule has 2 nitrogen and oxygen atoms in total. The summed E-state index contributed by atoms with van der Waals surface area (Å²) in [5.74, 6) is 0.0129. The van der Waals surface area contributed by atoms with Crippen LogP contribution >= 0.6 is 23.4 Å². The number of hydrogen-bond acceptors (Lipinski definition) is 2. The highest BCUT2D eigenvalue weighted by atomic mass is 35.5. The van der Waals surface area contributed by atoms with E-state index in [0.29, 0.717) is 0 Å². The van der Waals surface area contributed by atoms with Gasteiger partial charge in [0.05, 0.1) is 5.69 Å². The van der Waals surface area contributed by atoms with Crippen LogP contribution in [0.4, 0.5) is 5.69 Å². The first-order chi connectivity index (χ1) is 8.44. The lowest BCUT2D eigenvalue weighted by Gasteiger charge is -2.30. The van der Waals surface area contributed by atoms with Gasteiger partial charge < -0.3 is 4.90 Å². The fourth-order valence-corrected chi connectivity index (χ4v) is 4.03. The third-order valence-electron chi connectivity index (χ3n) is 3.12. The molecule has 1 aromatic rings. The molecule has 18 heavy (non-hydrogen) atoms. The van der Waals surface area contributed by atoms with Gasteiger partial charge in [0, 0.05) is 15.7 Å². The number of benzene rings is 1. The standard InChI is InChI=1S/C14H18ClNOS/c1-10-8-14(2,3)18-12-7-5-4-6-11(12)16(10)13(17)9-15/h4-7,10H,8-9H2,1-3H3. The fourth-order valence-electron chi connectivity index (χ4n) is 2.57. The van der Waals surface area contributed by atoms with Gasteiger partial charge in [0.15, 0.2) is 0 Å². The SMILES string of the molecule is CC1CC(C)(C)Sc2ccccc2N1C(=O)CCl. The van der Waals surface area contributed by atoms with Gasteiger partial charge in [-0.3, -0.25) is 4.79 Å². The number of para-hydroxylation sites is 1. The molecule has 0 saturated carbocycles. The predicted molar refractivity (Wildman–Crippen MR) is 78.7 cm³/mol. The van der Waals surface area contributed by atoms with Crippen LogP contribution in [-0.2, 0) is 4.79 Å². The van der Waals surface area contributed by atoms with Gasteiger partial charge in [0.2, 0.25) is 5.91 Å². The number of fused-ring (bicyclic) bond motifs is 1. The molecule has 0 spiro atoms. The van der Waals surface area contributed by atoms with Crippen molar-refractivity contribution < 1.29 is 4.79 Å². The van der Waals surface area contributed by atoms with Crippen molar-refractivity contribution in [2.24, 2.45) is 0 Å². The lowest BCUT2D eigenvalue weighted by molar-refractivity contribution is -0.116. The highest BCUT2D eigenvalue weighted by Gasteiger charge is 2.34. The van der Waals surface area contributed by atoms with E-state index < -0.39 is 0 Å². The number of carbonyl (C=O) groups excluding carboxylic acids is 1. The second-order valence-corrected chi connectivity index (χ2v) is 7.30. The van der Waals surface area contributed by atoms with E-state index in [1.807, 2.05) is 34.9 Å². The minimum Gasteiger partial charge on any atom is -0.307 e. The Morgan fingerprint density at radius 2 is 2.17 bits per heavy atom. The molecule has 0 aromatic heterocycles. The van der Waals surface area contributed by atoms with Gasteiger partial charge in [-0.15, -0.1) is 23.4 Å². The Morgan fingerprint density at radius 1 is 1.50 bits per heavy atom. The largest absolute Gasteiger partial charge is 0.307 e. The zero-order valence-electron chi connectivity index (χ0n) is 10.9. The third kappa shape index (κ3) is 2.67. The Labute approximate surface area is 118 Å². The minimum atomic E-state index is -0.0186. The molecule has 1 atom stereocenters. The van der Waals surface area contributed by atoms with Crippen LogP contribution in [0, 0.1) is 0 Å². The van der Waals surface area contributed by atoms with Gasteiger partial charge in [0.25, 0.3) is 0 Å². The Hall–Kier alpha value is -0.670. The van der Waals surface area contributed by atoms with Crippen molar-refractivity contribution in [3.05, 3.63) is 24.3 Å². The van der Waals surface area contributed by atoms with E-state index in [2.05, 4.69) is 26.8 Å². The lowest BCUT2D eigenvalue weighted by atomic mass is 10.0. The van der Waals surface area contributed by atoms with E-state index in [1.54, 1.807) is 0 Å². The van der Waals surface area contributed by atoms with Crippen molar-refractivity contribution in [1.82, 2.24) is 0 Å². The van der Waals surface area contributed by atoms with E-state index in [4.69, 9.17) is 11.6 Å². The summed E-state index contributed by atoms with van der Waals surface area (Å²) in [5, 5.41) is 0. The number of nitrogens with zero attached hydrogens (tertiary/aromatic N) is 1. The van der Waals surface area contributed by atoms with Crippen molar-refractivity contribution in [2.75, 3.05) is 10.8 Å². The van der Waals surface area contributed by atoms with Crippen molar-refractivity contribution in [2.45, 2.75) is 42.9 Å². The Kier molecular flexibility index (Phi) is 3.93. The molecule has 1 unspecified atom stereocenters. The average Bonchev–Trinajstić information content (AvgIpc) is 2.39. The molecular formula is C14H18ClNOS. The van der Waals surface area contributed by atoms with Gasteiger partial charge in [-0.2, -0.15) is 0 Å². The summed E-state index contributed by atoms with van der Waals surface area (Å²) in [5.41, 5.74) is 0.992. The number of carbonyl (C=O) groups is 1. The summed E-state index contributed by atoms with van der Waals surface area (Å²) in [7, 11) is 0. The smallest absolute Gasteiger partial charge is 0.242 e. The van der Waals surface area contributed by atoms with Gasteiger partial charge in [-0.05, 0) is 25.5 Å². The number of amides is 1. The number of rotatable bonds is 1. The van der Waals surface area contributed by atoms with Crippen molar-refractivity contribution >= 4 is 35.0 Å². The summed E-state index contributed by atoms with van der Waals surface area (Å²) in [6, 6.07) is 8.24. The van der Waals surface area contributed by atoms with Gasteiger partial charge >= 0.3 is 0 Å². The second-order valence-electron chi connectivity index (χ2n) is 5.28. The monoisotopic (exact) mass is 283 g/mol. The zero-order valence-corrected chi connectivity index (χ0v) is 12.5. The van der Waals surface area contributed by atoms with E-state index >= 15 is 0 Å². The van der Waals surface area contributed by atoms with E-state index in [1.165, 1.54) is 0 Å². The van der Waals surface area contributed by atoms with Crippen molar-refractivity contribution in [3.8, 4) is 0 Å². The number of anilines is 1. The first-order valence-corrected chi connectivity index (χ1v) is 7.46. The minimum absolute atomic E-state index is 0.0186. The highest BCUT2D eigenvalue weighted by molar-refractivity contribution is 8.00. The topological polar surface area (TPSA) is 20.3 Å². The maximum absolute atomic E-state index is 12.1. The van der Waals surface area contributed by atoms with Crippen molar-refractivity contribution in [3.63, 3.8) is 0 Å². The lowest BCUT2D eigenvalue weighted by Crippen LogP contribution is -2.41. The molecule has 1 aromatic carbocycles. The molecular weight excluding hydrogens is 266 g/mol. The van der Waals surface area contributed by atoms with Crippen LogP contribution in [0.1, 0.15) is 27.2 Å². The van der Waals surface area contributed by atoms with Crippen LogP contribution in [-0.4, -0.2) is 22.6 Å². The van der Waals surface area contributed by atoms with Crippen LogP contribution in [0.3, 0.4) is 0 Å². The Morgan fingerprint density at radius 3 is 2.83 bits per heavy atom. The molecule has 98 valence electrons. The molecule has 0 fully saturated rings. The van der Waals surface area contributed by atoms with E-state index in [9.17, 15) is 4.79 Å².